The van der Waals surface area contributed by atoms with Gasteiger partial charge in [0.25, 0.3) is 0 Å². The fourth-order valence-electron chi connectivity index (χ4n) is 3.45. The Morgan fingerprint density at radius 3 is 1.88 bits per heavy atom. The molecule has 2 fully saturated rings. The third-order valence-corrected chi connectivity index (χ3v) is 5.10. The van der Waals surface area contributed by atoms with Gasteiger partial charge < -0.3 is 14.6 Å². The Hall–Kier alpha value is -1.14. The fraction of sp³-hybridized carbons (Fsp3) is 0.333. The van der Waals surface area contributed by atoms with Crippen molar-refractivity contribution >= 4 is 23.2 Å². The molecule has 24 heavy (non-hydrogen) atoms. The molecule has 2 aromatic rings. The topological polar surface area (TPSA) is 41.9 Å². The van der Waals surface area contributed by atoms with Gasteiger partial charge >= 0.3 is 0 Å². The fourth-order valence-corrected chi connectivity index (χ4v) is 3.84. The zero-order valence-electron chi connectivity index (χ0n) is 12.9. The number of hydrogen-bond acceptors (Lipinski definition) is 4. The van der Waals surface area contributed by atoms with Crippen LogP contribution in [0.2, 0.25) is 10.0 Å². The van der Waals surface area contributed by atoms with Crippen LogP contribution in [0.25, 0.3) is 0 Å². The quantitative estimate of drug-likeness (QED) is 0.898. The molecule has 4 nitrogen and oxygen atoms in total. The van der Waals surface area contributed by atoms with Crippen LogP contribution in [0.15, 0.2) is 48.5 Å². The maximum absolute atomic E-state index is 10.0. The second kappa shape index (κ2) is 6.30. The molecule has 126 valence electrons. The Bertz CT molecular complexity index is 697. The van der Waals surface area contributed by atoms with Gasteiger partial charge in [-0.25, -0.2) is 4.90 Å². The molecule has 2 aliphatic heterocycles. The van der Waals surface area contributed by atoms with E-state index in [0.717, 1.165) is 11.1 Å². The molecule has 0 bridgehead atoms. The van der Waals surface area contributed by atoms with Crippen molar-refractivity contribution in [3.63, 3.8) is 0 Å². The third kappa shape index (κ3) is 2.64. The van der Waals surface area contributed by atoms with E-state index in [1.165, 1.54) is 0 Å². The molecule has 0 radical (unpaired) electrons. The van der Waals surface area contributed by atoms with Crippen LogP contribution in [0, 0.1) is 0 Å². The number of benzene rings is 2. The van der Waals surface area contributed by atoms with Gasteiger partial charge in [-0.15, -0.1) is 0 Å². The summed E-state index contributed by atoms with van der Waals surface area (Å²) in [6.07, 6.45) is -0.662. The van der Waals surface area contributed by atoms with Gasteiger partial charge in [0, 0.05) is 10.0 Å². The number of aliphatic hydroxyl groups is 1. The van der Waals surface area contributed by atoms with Crippen LogP contribution >= 0.6 is 23.2 Å². The number of rotatable bonds is 3. The van der Waals surface area contributed by atoms with Crippen molar-refractivity contribution in [2.75, 3.05) is 19.8 Å². The molecule has 1 N–H and O–H groups in total. The molecule has 4 rings (SSSR count). The first-order valence-electron chi connectivity index (χ1n) is 7.76. The van der Waals surface area contributed by atoms with Crippen molar-refractivity contribution in [2.24, 2.45) is 0 Å². The van der Waals surface area contributed by atoms with Crippen molar-refractivity contribution < 1.29 is 14.6 Å². The molecule has 2 aromatic carbocycles. The molecule has 6 heteroatoms. The molecule has 0 aromatic heterocycles. The smallest absolute Gasteiger partial charge is 0.139 e. The van der Waals surface area contributed by atoms with Gasteiger partial charge in [-0.2, -0.15) is 0 Å². The highest BCUT2D eigenvalue weighted by Crippen LogP contribution is 2.49. The number of aliphatic hydroxyl groups excluding tert-OH is 1. The first kappa shape index (κ1) is 16.3. The van der Waals surface area contributed by atoms with E-state index in [1.807, 2.05) is 48.5 Å². The SMILES string of the molecule is OCC12COC(c3cccc(Cl)c3)N1[C@H](c1cccc(Cl)c1)OC2. The zero-order chi connectivity index (χ0) is 16.7. The number of nitrogens with zero attached hydrogens (tertiary/aromatic N) is 1. The van der Waals surface area contributed by atoms with E-state index in [0.29, 0.717) is 23.3 Å². The van der Waals surface area contributed by atoms with Crippen molar-refractivity contribution in [3.8, 4) is 0 Å². The first-order valence-corrected chi connectivity index (χ1v) is 8.52. The normalized spacial score (nSPS) is 29.8. The van der Waals surface area contributed by atoms with Crippen molar-refractivity contribution in [1.29, 1.82) is 0 Å². The molecule has 3 atom stereocenters. The van der Waals surface area contributed by atoms with Crippen LogP contribution in [0.1, 0.15) is 23.6 Å². The molecule has 2 heterocycles. The van der Waals surface area contributed by atoms with Gasteiger partial charge in [0.1, 0.15) is 12.5 Å². The van der Waals surface area contributed by atoms with Crippen LogP contribution in [-0.4, -0.2) is 35.4 Å². The summed E-state index contributed by atoms with van der Waals surface area (Å²) in [5.74, 6) is 0. The summed E-state index contributed by atoms with van der Waals surface area (Å²) in [5.41, 5.74) is 1.32. The summed E-state index contributed by atoms with van der Waals surface area (Å²) in [6, 6.07) is 15.1. The van der Waals surface area contributed by atoms with Gasteiger partial charge in [0.2, 0.25) is 0 Å². The molecule has 2 saturated heterocycles. The van der Waals surface area contributed by atoms with Gasteiger partial charge in [-0.05, 0) is 35.4 Å². The van der Waals surface area contributed by atoms with Gasteiger partial charge in [0.15, 0.2) is 0 Å². The van der Waals surface area contributed by atoms with E-state index in [1.54, 1.807) is 0 Å². The second-order valence-corrected chi connectivity index (χ2v) is 7.10. The Morgan fingerprint density at radius 1 is 0.958 bits per heavy atom. The maximum atomic E-state index is 10.0. The minimum absolute atomic E-state index is 0.0405. The predicted octanol–water partition coefficient (Wildman–Crippen LogP) is 3.78. The summed E-state index contributed by atoms with van der Waals surface area (Å²) < 4.78 is 12.1. The monoisotopic (exact) mass is 365 g/mol. The Balaban J connectivity index is 1.75. The van der Waals surface area contributed by atoms with Crippen LogP contribution in [0.4, 0.5) is 0 Å². The summed E-state index contributed by atoms with van der Waals surface area (Å²) in [6.45, 7) is 0.761. The number of fused-ring (bicyclic) bond motifs is 1. The zero-order valence-corrected chi connectivity index (χ0v) is 14.4. The van der Waals surface area contributed by atoms with Gasteiger partial charge in [-0.1, -0.05) is 47.5 Å². The van der Waals surface area contributed by atoms with Crippen LogP contribution in [0.5, 0.6) is 0 Å². The molecular formula is C18H17Cl2NO3. The predicted molar refractivity (Wildman–Crippen MR) is 91.9 cm³/mol. The van der Waals surface area contributed by atoms with E-state index in [2.05, 4.69) is 4.90 Å². The molecule has 2 aliphatic rings. The second-order valence-electron chi connectivity index (χ2n) is 6.23. The average Bonchev–Trinajstić information content (AvgIpc) is 3.12. The Morgan fingerprint density at radius 2 is 1.46 bits per heavy atom. The minimum atomic E-state index is -0.556. The van der Waals surface area contributed by atoms with E-state index in [4.69, 9.17) is 32.7 Å². The first-order chi connectivity index (χ1) is 11.6. The molecule has 2 unspecified atom stereocenters. The largest absolute Gasteiger partial charge is 0.394 e. The van der Waals surface area contributed by atoms with E-state index in [-0.39, 0.29) is 19.1 Å². The lowest BCUT2D eigenvalue weighted by Crippen LogP contribution is -2.47. The summed E-state index contributed by atoms with van der Waals surface area (Å²) >= 11 is 12.3. The highest BCUT2D eigenvalue weighted by molar-refractivity contribution is 6.30. The lowest BCUT2D eigenvalue weighted by Gasteiger charge is -2.33. The number of halogens is 2. The molecule has 0 aliphatic carbocycles. The maximum Gasteiger partial charge on any atom is 0.139 e. The lowest BCUT2D eigenvalue weighted by atomic mass is 10.0. The Kier molecular flexibility index (Phi) is 4.29. The summed E-state index contributed by atoms with van der Waals surface area (Å²) in [4.78, 5) is 2.09. The van der Waals surface area contributed by atoms with Crippen LogP contribution in [-0.2, 0) is 9.47 Å². The highest BCUT2D eigenvalue weighted by Gasteiger charge is 2.56. The van der Waals surface area contributed by atoms with Crippen molar-refractivity contribution in [2.45, 2.75) is 18.0 Å². The van der Waals surface area contributed by atoms with E-state index in [9.17, 15) is 5.11 Å². The summed E-state index contributed by atoms with van der Waals surface area (Å²) in [7, 11) is 0. The van der Waals surface area contributed by atoms with Crippen LogP contribution in [0.3, 0.4) is 0 Å². The highest BCUT2D eigenvalue weighted by atomic mass is 35.5. The molecule has 0 amide bonds. The minimum Gasteiger partial charge on any atom is -0.394 e. The van der Waals surface area contributed by atoms with E-state index >= 15 is 0 Å². The molecule has 0 saturated carbocycles. The molecule has 0 spiro atoms. The molecular weight excluding hydrogens is 349 g/mol. The summed E-state index contributed by atoms with van der Waals surface area (Å²) in [5, 5.41) is 11.3. The lowest BCUT2D eigenvalue weighted by molar-refractivity contribution is -0.0630. The van der Waals surface area contributed by atoms with E-state index < -0.39 is 5.54 Å². The third-order valence-electron chi connectivity index (χ3n) is 4.63. The van der Waals surface area contributed by atoms with Crippen LogP contribution < -0.4 is 0 Å². The number of ether oxygens (including phenoxy) is 2. The van der Waals surface area contributed by atoms with Gasteiger partial charge in [-0.3, -0.25) is 0 Å². The Labute approximate surface area is 150 Å². The van der Waals surface area contributed by atoms with Crippen molar-refractivity contribution in [3.05, 3.63) is 69.7 Å². The number of hydrogen-bond donors (Lipinski definition) is 1. The standard InChI is InChI=1S/C18H17Cl2NO3/c19-14-5-1-3-12(7-14)16-21-17(13-4-2-6-15(20)8-13)24-11-18(21,9-22)10-23-16/h1-8,16-17,22H,9-11H2/t16-,17?,18?/m0/s1. The average molecular weight is 366 g/mol. The van der Waals surface area contributed by atoms with Gasteiger partial charge in [0.05, 0.1) is 25.4 Å². The van der Waals surface area contributed by atoms with Crippen molar-refractivity contribution in [1.82, 2.24) is 4.90 Å².